The fourth-order valence-corrected chi connectivity index (χ4v) is 3.36. The van der Waals surface area contributed by atoms with Gasteiger partial charge < -0.3 is 10.2 Å². The van der Waals surface area contributed by atoms with Crippen LogP contribution in [-0.2, 0) is 0 Å². The molecule has 2 amide bonds. The van der Waals surface area contributed by atoms with E-state index in [0.29, 0.717) is 24.6 Å². The topological polar surface area (TPSA) is 121 Å². The molecular formula is C18H20N6O3. The van der Waals surface area contributed by atoms with Crippen molar-refractivity contribution in [3.8, 4) is 0 Å². The first-order chi connectivity index (χ1) is 13.0. The number of aromatic nitrogens is 4. The van der Waals surface area contributed by atoms with E-state index in [0.717, 1.165) is 18.7 Å². The van der Waals surface area contributed by atoms with E-state index < -0.39 is 5.56 Å². The monoisotopic (exact) mass is 368 g/mol. The number of carbonyl (C=O) groups excluding carboxylic acids is 2. The molecule has 1 saturated heterocycles. The Hall–Kier alpha value is -3.10. The fourth-order valence-electron chi connectivity index (χ4n) is 3.36. The van der Waals surface area contributed by atoms with Crippen LogP contribution in [0.4, 0.5) is 0 Å². The van der Waals surface area contributed by atoms with Gasteiger partial charge in [0, 0.05) is 30.8 Å². The van der Waals surface area contributed by atoms with E-state index >= 15 is 0 Å². The molecule has 1 aliphatic heterocycles. The van der Waals surface area contributed by atoms with Crippen molar-refractivity contribution < 1.29 is 9.59 Å². The Morgan fingerprint density at radius 3 is 2.85 bits per heavy atom. The highest BCUT2D eigenvalue weighted by molar-refractivity contribution is 5.95. The smallest absolute Gasteiger partial charge is 0.270 e. The zero-order chi connectivity index (χ0) is 19.0. The number of rotatable bonds is 4. The highest BCUT2D eigenvalue weighted by atomic mass is 16.2. The number of likely N-dealkylation sites (tertiary alicyclic amines) is 1. The maximum Gasteiger partial charge on any atom is 0.270 e. The Kier molecular flexibility index (Phi) is 4.43. The molecule has 0 spiro atoms. The highest BCUT2D eigenvalue weighted by Gasteiger charge is 2.36. The SMILES string of the molecule is C[C@@H]1[C@@H](NC(=O)c2ccnc(C3CC3)n2)CCN1C(=O)c1cn[nH]c(=O)c1. The molecule has 3 heterocycles. The van der Waals surface area contributed by atoms with E-state index in [1.165, 1.54) is 12.3 Å². The average Bonchev–Trinajstić information content (AvgIpc) is 3.46. The van der Waals surface area contributed by atoms with Crippen LogP contribution in [0.2, 0.25) is 0 Å². The van der Waals surface area contributed by atoms with E-state index in [-0.39, 0.29) is 29.5 Å². The molecule has 2 fully saturated rings. The molecule has 9 nitrogen and oxygen atoms in total. The summed E-state index contributed by atoms with van der Waals surface area (Å²) in [4.78, 5) is 46.8. The van der Waals surface area contributed by atoms with Gasteiger partial charge in [-0.05, 0) is 32.3 Å². The van der Waals surface area contributed by atoms with Gasteiger partial charge in [0.1, 0.15) is 11.5 Å². The number of nitrogens with one attached hydrogen (secondary N) is 2. The van der Waals surface area contributed by atoms with E-state index in [9.17, 15) is 14.4 Å². The van der Waals surface area contributed by atoms with Gasteiger partial charge in [0.15, 0.2) is 0 Å². The minimum Gasteiger partial charge on any atom is -0.346 e. The third kappa shape index (κ3) is 3.57. The van der Waals surface area contributed by atoms with Crippen molar-refractivity contribution in [1.82, 2.24) is 30.4 Å². The number of H-pyrrole nitrogens is 1. The van der Waals surface area contributed by atoms with Gasteiger partial charge in [-0.15, -0.1) is 0 Å². The van der Waals surface area contributed by atoms with Crippen molar-refractivity contribution in [1.29, 1.82) is 0 Å². The van der Waals surface area contributed by atoms with E-state index in [2.05, 4.69) is 25.5 Å². The first-order valence-electron chi connectivity index (χ1n) is 9.02. The van der Waals surface area contributed by atoms with Crippen LogP contribution in [0, 0.1) is 0 Å². The number of carbonyl (C=O) groups is 2. The lowest BCUT2D eigenvalue weighted by molar-refractivity contribution is 0.0727. The normalized spacial score (nSPS) is 21.9. The van der Waals surface area contributed by atoms with Crippen LogP contribution in [0.3, 0.4) is 0 Å². The van der Waals surface area contributed by atoms with Crippen molar-refractivity contribution in [2.75, 3.05) is 6.54 Å². The molecule has 2 aliphatic rings. The number of amides is 2. The Labute approximate surface area is 155 Å². The van der Waals surface area contributed by atoms with Crippen LogP contribution >= 0.6 is 0 Å². The van der Waals surface area contributed by atoms with Crippen molar-refractivity contribution in [3.05, 3.63) is 52.0 Å². The van der Waals surface area contributed by atoms with Crippen molar-refractivity contribution in [2.45, 2.75) is 44.2 Å². The lowest BCUT2D eigenvalue weighted by Crippen LogP contribution is -2.45. The summed E-state index contributed by atoms with van der Waals surface area (Å²) in [6, 6.07) is 2.45. The summed E-state index contributed by atoms with van der Waals surface area (Å²) < 4.78 is 0. The van der Waals surface area contributed by atoms with Crippen LogP contribution in [0.15, 0.2) is 29.3 Å². The van der Waals surface area contributed by atoms with Gasteiger partial charge in [-0.3, -0.25) is 14.4 Å². The first kappa shape index (κ1) is 17.3. The van der Waals surface area contributed by atoms with Gasteiger partial charge in [-0.2, -0.15) is 5.10 Å². The molecule has 1 aliphatic carbocycles. The van der Waals surface area contributed by atoms with Crippen LogP contribution < -0.4 is 10.9 Å². The summed E-state index contributed by atoms with van der Waals surface area (Å²) in [6.07, 6.45) is 5.72. The lowest BCUT2D eigenvalue weighted by atomic mass is 10.1. The van der Waals surface area contributed by atoms with Crippen LogP contribution in [0.1, 0.15) is 58.8 Å². The predicted molar refractivity (Wildman–Crippen MR) is 95.2 cm³/mol. The van der Waals surface area contributed by atoms with Crippen molar-refractivity contribution in [3.63, 3.8) is 0 Å². The molecule has 1 saturated carbocycles. The summed E-state index contributed by atoms with van der Waals surface area (Å²) in [6.45, 7) is 2.38. The molecule has 0 bridgehead atoms. The lowest BCUT2D eigenvalue weighted by Gasteiger charge is -2.25. The second-order valence-corrected chi connectivity index (χ2v) is 7.02. The molecule has 2 N–H and O–H groups in total. The Morgan fingerprint density at radius 1 is 1.30 bits per heavy atom. The number of hydrogen-bond donors (Lipinski definition) is 2. The average molecular weight is 368 g/mol. The zero-order valence-corrected chi connectivity index (χ0v) is 14.9. The van der Waals surface area contributed by atoms with Gasteiger partial charge in [0.2, 0.25) is 0 Å². The van der Waals surface area contributed by atoms with Crippen molar-refractivity contribution in [2.24, 2.45) is 0 Å². The Balaban J connectivity index is 1.43. The van der Waals surface area contributed by atoms with E-state index in [1.807, 2.05) is 6.92 Å². The molecule has 2 atom stereocenters. The van der Waals surface area contributed by atoms with Gasteiger partial charge in [0.05, 0.1) is 17.8 Å². The molecule has 4 rings (SSSR count). The van der Waals surface area contributed by atoms with Gasteiger partial charge in [-0.1, -0.05) is 0 Å². The van der Waals surface area contributed by atoms with E-state index in [1.54, 1.807) is 17.2 Å². The summed E-state index contributed by atoms with van der Waals surface area (Å²) >= 11 is 0. The second-order valence-electron chi connectivity index (χ2n) is 7.02. The molecule has 9 heteroatoms. The largest absolute Gasteiger partial charge is 0.346 e. The number of hydrogen-bond acceptors (Lipinski definition) is 6. The maximum atomic E-state index is 12.6. The summed E-state index contributed by atoms with van der Waals surface area (Å²) in [5.41, 5.74) is 0.165. The molecule has 2 aromatic rings. The minimum absolute atomic E-state index is 0.184. The second kappa shape index (κ2) is 6.90. The van der Waals surface area contributed by atoms with Gasteiger partial charge >= 0.3 is 0 Å². The molecule has 27 heavy (non-hydrogen) atoms. The molecule has 0 aromatic carbocycles. The Bertz CT molecular complexity index is 938. The summed E-state index contributed by atoms with van der Waals surface area (Å²) in [5, 5.41) is 8.89. The van der Waals surface area contributed by atoms with Crippen LogP contribution in [0.5, 0.6) is 0 Å². The molecule has 0 unspecified atom stereocenters. The van der Waals surface area contributed by atoms with Gasteiger partial charge in [0.25, 0.3) is 17.4 Å². The quantitative estimate of drug-likeness (QED) is 0.809. The van der Waals surface area contributed by atoms with Crippen molar-refractivity contribution >= 4 is 11.8 Å². The standard InChI is InChI=1S/C18H20N6O3/c1-10-13(5-7-24(10)18(27)12-8-15(25)23-20-9-12)22-17(26)14-4-6-19-16(21-14)11-2-3-11/h4,6,8-11,13H,2-3,5,7H2,1H3,(H,22,26)(H,23,25)/t10-,13+/m1/s1. The number of nitrogens with zero attached hydrogens (tertiary/aromatic N) is 4. The van der Waals surface area contributed by atoms with E-state index in [4.69, 9.17) is 0 Å². The highest BCUT2D eigenvalue weighted by Crippen LogP contribution is 2.37. The molecular weight excluding hydrogens is 348 g/mol. The zero-order valence-electron chi connectivity index (χ0n) is 14.9. The van der Waals surface area contributed by atoms with Crippen LogP contribution in [-0.4, -0.2) is 55.5 Å². The third-order valence-electron chi connectivity index (χ3n) is 5.09. The predicted octanol–water partition coefficient (Wildman–Crippen LogP) is 0.470. The third-order valence-corrected chi connectivity index (χ3v) is 5.09. The molecule has 140 valence electrons. The minimum atomic E-state index is -0.423. The first-order valence-corrected chi connectivity index (χ1v) is 9.02. The number of aromatic amines is 1. The summed E-state index contributed by atoms with van der Waals surface area (Å²) in [5.74, 6) is 0.568. The van der Waals surface area contributed by atoms with Gasteiger partial charge in [-0.25, -0.2) is 15.1 Å². The molecule has 0 radical (unpaired) electrons. The summed E-state index contributed by atoms with van der Waals surface area (Å²) in [7, 11) is 0. The Morgan fingerprint density at radius 2 is 2.11 bits per heavy atom. The van der Waals surface area contributed by atoms with Crippen LogP contribution in [0.25, 0.3) is 0 Å². The fraction of sp³-hybridized carbons (Fsp3) is 0.444. The molecule has 2 aromatic heterocycles. The maximum absolute atomic E-state index is 12.6.